The van der Waals surface area contributed by atoms with Crippen LogP contribution in [0, 0.1) is 5.92 Å². The van der Waals surface area contributed by atoms with E-state index in [4.69, 9.17) is 16.1 Å². The lowest BCUT2D eigenvalue weighted by Gasteiger charge is -2.17. The number of halogens is 1. The van der Waals surface area contributed by atoms with Crippen LogP contribution in [0.2, 0.25) is 5.02 Å². The van der Waals surface area contributed by atoms with E-state index in [-0.39, 0.29) is 0 Å². The minimum atomic E-state index is 0.356. The quantitative estimate of drug-likeness (QED) is 0.841. The van der Waals surface area contributed by atoms with Crippen molar-refractivity contribution in [2.75, 3.05) is 6.54 Å². The molecule has 0 saturated carbocycles. The van der Waals surface area contributed by atoms with Gasteiger partial charge in [-0.3, -0.25) is 0 Å². The zero-order valence-electron chi connectivity index (χ0n) is 12.8. The molecule has 0 aliphatic carbocycles. The second-order valence-electron chi connectivity index (χ2n) is 5.58. The zero-order valence-corrected chi connectivity index (χ0v) is 13.5. The predicted molar refractivity (Wildman–Crippen MR) is 85.4 cm³/mol. The summed E-state index contributed by atoms with van der Waals surface area (Å²) in [6.45, 7) is 7.47. The van der Waals surface area contributed by atoms with Crippen molar-refractivity contribution in [3.8, 4) is 11.4 Å². The molecule has 1 heterocycles. The monoisotopic (exact) mass is 307 g/mol. The van der Waals surface area contributed by atoms with Gasteiger partial charge in [-0.25, -0.2) is 0 Å². The summed E-state index contributed by atoms with van der Waals surface area (Å²) in [4.78, 5) is 4.47. The highest BCUT2D eigenvalue weighted by Gasteiger charge is 2.16. The average Bonchev–Trinajstić information content (AvgIpc) is 2.87. The Labute approximate surface area is 130 Å². The maximum atomic E-state index is 6.16. The van der Waals surface area contributed by atoms with Crippen LogP contribution >= 0.6 is 11.6 Å². The van der Waals surface area contributed by atoms with Crippen LogP contribution in [0.4, 0.5) is 0 Å². The molecule has 0 aliphatic rings. The first-order chi connectivity index (χ1) is 10.1. The number of hydrogen-bond donors (Lipinski definition) is 1. The number of rotatable bonds is 7. The fourth-order valence-electron chi connectivity index (χ4n) is 2.40. The number of hydrogen-bond acceptors (Lipinski definition) is 4. The smallest absolute Gasteiger partial charge is 0.228 e. The number of nitrogens with zero attached hydrogens (tertiary/aromatic N) is 2. The highest BCUT2D eigenvalue weighted by Crippen LogP contribution is 2.25. The highest BCUT2D eigenvalue weighted by molar-refractivity contribution is 6.33. The Hall–Kier alpha value is -1.39. The van der Waals surface area contributed by atoms with E-state index in [1.54, 1.807) is 0 Å². The van der Waals surface area contributed by atoms with Crippen molar-refractivity contribution in [3.63, 3.8) is 0 Å². The molecule has 2 rings (SSSR count). The second kappa shape index (κ2) is 7.57. The molecule has 0 radical (unpaired) electrons. The molecule has 0 saturated heterocycles. The van der Waals surface area contributed by atoms with E-state index in [0.717, 1.165) is 24.9 Å². The first kappa shape index (κ1) is 16.0. The molecule has 1 aromatic carbocycles. The summed E-state index contributed by atoms with van der Waals surface area (Å²) in [5, 5.41) is 8.14. The Bertz CT molecular complexity index is 568. The Morgan fingerprint density at radius 3 is 2.71 bits per heavy atom. The van der Waals surface area contributed by atoms with Gasteiger partial charge in [-0.15, -0.1) is 0 Å². The van der Waals surface area contributed by atoms with Gasteiger partial charge in [0, 0.05) is 18.0 Å². The topological polar surface area (TPSA) is 51.0 Å². The van der Waals surface area contributed by atoms with Crippen molar-refractivity contribution in [3.05, 3.63) is 35.2 Å². The summed E-state index contributed by atoms with van der Waals surface area (Å²) in [5.74, 6) is 1.83. The molecule has 1 atom stereocenters. The Balaban J connectivity index is 2.10. The van der Waals surface area contributed by atoms with Crippen LogP contribution in [0.15, 0.2) is 28.8 Å². The summed E-state index contributed by atoms with van der Waals surface area (Å²) in [6.07, 6.45) is 1.82. The van der Waals surface area contributed by atoms with E-state index >= 15 is 0 Å². The molecule has 1 aromatic heterocycles. The summed E-state index contributed by atoms with van der Waals surface area (Å²) in [5.41, 5.74) is 0.804. The maximum Gasteiger partial charge on any atom is 0.228 e. The van der Waals surface area contributed by atoms with Crippen LogP contribution in [0.25, 0.3) is 11.4 Å². The summed E-state index contributed by atoms with van der Waals surface area (Å²) in [6, 6.07) is 7.88. The molecular weight excluding hydrogens is 286 g/mol. The van der Waals surface area contributed by atoms with E-state index in [1.165, 1.54) is 0 Å². The molecule has 0 spiro atoms. The van der Waals surface area contributed by atoms with Crippen molar-refractivity contribution in [2.24, 2.45) is 5.92 Å². The Kier molecular flexibility index (Phi) is 5.76. The molecule has 0 aliphatic heterocycles. The molecule has 21 heavy (non-hydrogen) atoms. The standard InChI is InChI=1S/C16H22ClN3O/c1-4-18-12(9-11(2)3)10-15-19-16(20-21-15)13-7-5-6-8-14(13)17/h5-8,11-12,18H,4,9-10H2,1-3H3. The fraction of sp³-hybridized carbons (Fsp3) is 0.500. The molecule has 0 fully saturated rings. The van der Waals surface area contributed by atoms with Gasteiger partial charge in [0.15, 0.2) is 0 Å². The van der Waals surface area contributed by atoms with Gasteiger partial charge in [0.25, 0.3) is 0 Å². The van der Waals surface area contributed by atoms with Crippen molar-refractivity contribution >= 4 is 11.6 Å². The number of nitrogens with one attached hydrogen (secondary N) is 1. The predicted octanol–water partition coefficient (Wildman–Crippen LogP) is 3.96. The molecule has 0 amide bonds. The molecule has 1 N–H and O–H groups in total. The minimum absolute atomic E-state index is 0.356. The fourth-order valence-corrected chi connectivity index (χ4v) is 2.62. The van der Waals surface area contributed by atoms with Gasteiger partial charge in [0.1, 0.15) is 0 Å². The molecular formula is C16H22ClN3O. The van der Waals surface area contributed by atoms with E-state index in [9.17, 15) is 0 Å². The molecule has 114 valence electrons. The third-order valence-electron chi connectivity index (χ3n) is 3.25. The lowest BCUT2D eigenvalue weighted by Crippen LogP contribution is -2.32. The van der Waals surface area contributed by atoms with Crippen molar-refractivity contribution in [2.45, 2.75) is 39.7 Å². The second-order valence-corrected chi connectivity index (χ2v) is 5.99. The summed E-state index contributed by atoms with van der Waals surface area (Å²) >= 11 is 6.16. The normalized spacial score (nSPS) is 12.8. The van der Waals surface area contributed by atoms with Crippen LogP contribution in [-0.4, -0.2) is 22.7 Å². The van der Waals surface area contributed by atoms with Gasteiger partial charge in [-0.05, 0) is 31.0 Å². The van der Waals surface area contributed by atoms with Crippen molar-refractivity contribution in [1.29, 1.82) is 0 Å². The minimum Gasteiger partial charge on any atom is -0.339 e. The van der Waals surface area contributed by atoms with Gasteiger partial charge >= 0.3 is 0 Å². The van der Waals surface area contributed by atoms with Crippen molar-refractivity contribution in [1.82, 2.24) is 15.5 Å². The van der Waals surface area contributed by atoms with E-state index in [0.29, 0.717) is 28.7 Å². The average molecular weight is 308 g/mol. The number of aromatic nitrogens is 2. The maximum absolute atomic E-state index is 6.16. The lowest BCUT2D eigenvalue weighted by atomic mass is 10.0. The van der Waals surface area contributed by atoms with E-state index in [2.05, 4.69) is 36.2 Å². The largest absolute Gasteiger partial charge is 0.339 e. The van der Waals surface area contributed by atoms with E-state index < -0.39 is 0 Å². The molecule has 4 nitrogen and oxygen atoms in total. The number of benzene rings is 1. The summed E-state index contributed by atoms with van der Waals surface area (Å²) < 4.78 is 5.37. The van der Waals surface area contributed by atoms with Crippen LogP contribution in [0.1, 0.15) is 33.1 Å². The van der Waals surface area contributed by atoms with Crippen LogP contribution in [-0.2, 0) is 6.42 Å². The van der Waals surface area contributed by atoms with Gasteiger partial charge in [-0.1, -0.05) is 49.7 Å². The third-order valence-corrected chi connectivity index (χ3v) is 3.58. The highest BCUT2D eigenvalue weighted by atomic mass is 35.5. The van der Waals surface area contributed by atoms with Crippen LogP contribution < -0.4 is 5.32 Å². The van der Waals surface area contributed by atoms with Gasteiger partial charge in [0.05, 0.1) is 5.02 Å². The molecule has 0 bridgehead atoms. The molecule has 2 aromatic rings. The SMILES string of the molecule is CCNC(Cc1nc(-c2ccccc2Cl)no1)CC(C)C. The first-order valence-electron chi connectivity index (χ1n) is 7.41. The van der Waals surface area contributed by atoms with Gasteiger partial charge in [-0.2, -0.15) is 4.98 Å². The Morgan fingerprint density at radius 1 is 1.29 bits per heavy atom. The van der Waals surface area contributed by atoms with Gasteiger partial charge < -0.3 is 9.84 Å². The van der Waals surface area contributed by atoms with E-state index in [1.807, 2.05) is 24.3 Å². The van der Waals surface area contributed by atoms with Crippen LogP contribution in [0.3, 0.4) is 0 Å². The Morgan fingerprint density at radius 2 is 2.05 bits per heavy atom. The molecule has 1 unspecified atom stereocenters. The third kappa shape index (κ3) is 4.55. The summed E-state index contributed by atoms with van der Waals surface area (Å²) in [7, 11) is 0. The van der Waals surface area contributed by atoms with Gasteiger partial charge in [0.2, 0.25) is 11.7 Å². The van der Waals surface area contributed by atoms with Crippen LogP contribution in [0.5, 0.6) is 0 Å². The lowest BCUT2D eigenvalue weighted by molar-refractivity contribution is 0.340. The van der Waals surface area contributed by atoms with Crippen molar-refractivity contribution < 1.29 is 4.52 Å². The zero-order chi connectivity index (χ0) is 15.2. The number of likely N-dealkylation sites (N-methyl/N-ethyl adjacent to an activating group) is 1. The molecule has 5 heteroatoms. The first-order valence-corrected chi connectivity index (χ1v) is 7.78.